The lowest BCUT2D eigenvalue weighted by atomic mass is 9.79. The zero-order chi connectivity index (χ0) is 18.7. The quantitative estimate of drug-likeness (QED) is 0.203. The minimum atomic E-state index is -0.829. The summed E-state index contributed by atoms with van der Waals surface area (Å²) in [5, 5.41) is 18.8. The van der Waals surface area contributed by atoms with Gasteiger partial charge in [0.25, 0.3) is 5.91 Å². The number of carbonyl (C=O) groups is 2. The number of nitrogens with one attached hydrogen (secondary N) is 3. The summed E-state index contributed by atoms with van der Waals surface area (Å²) in [4.78, 5) is 30.0. The van der Waals surface area contributed by atoms with Gasteiger partial charge in [0, 0.05) is 26.7 Å². The smallest absolute Gasteiger partial charge is 0.322 e. The molecule has 1 atom stereocenters. The maximum absolute atomic E-state index is 12.1. The lowest BCUT2D eigenvalue weighted by Gasteiger charge is -2.40. The highest BCUT2D eigenvalue weighted by atomic mass is 127. The molecule has 0 aromatic heterocycles. The number of piperidine rings is 1. The lowest BCUT2D eigenvalue weighted by molar-refractivity contribution is -0.125. The predicted molar refractivity (Wildman–Crippen MR) is 112 cm³/mol. The SMILES string of the molecule is CCC(O)(CC)CNC(=NC)N1CCC(C2(C)NC(=O)NC2=O)CC1.I. The molecule has 0 radical (unpaired) electrons. The van der Waals surface area contributed by atoms with Crippen molar-refractivity contribution in [2.45, 2.75) is 57.6 Å². The van der Waals surface area contributed by atoms with E-state index in [0.717, 1.165) is 31.9 Å². The third-order valence-electron chi connectivity index (χ3n) is 5.79. The first-order chi connectivity index (χ1) is 11.8. The van der Waals surface area contributed by atoms with E-state index in [1.165, 1.54) is 0 Å². The number of urea groups is 1. The van der Waals surface area contributed by atoms with Gasteiger partial charge in [-0.1, -0.05) is 13.8 Å². The van der Waals surface area contributed by atoms with Gasteiger partial charge in [0.05, 0.1) is 5.60 Å². The van der Waals surface area contributed by atoms with Crippen LogP contribution in [0.2, 0.25) is 0 Å². The van der Waals surface area contributed by atoms with E-state index in [1.807, 2.05) is 13.8 Å². The number of aliphatic imine (C=N–C) groups is 1. The number of hydrogen-bond donors (Lipinski definition) is 4. The second kappa shape index (κ2) is 9.20. The van der Waals surface area contributed by atoms with E-state index >= 15 is 0 Å². The van der Waals surface area contributed by atoms with Crippen LogP contribution in [-0.4, -0.2) is 65.7 Å². The molecule has 2 saturated heterocycles. The van der Waals surface area contributed by atoms with E-state index < -0.39 is 17.2 Å². The van der Waals surface area contributed by atoms with Crippen molar-refractivity contribution in [1.29, 1.82) is 0 Å². The molecule has 2 rings (SSSR count). The molecule has 3 amide bonds. The Balaban J connectivity index is 0.00000338. The Bertz CT molecular complexity index is 545. The fourth-order valence-corrected chi connectivity index (χ4v) is 3.59. The highest BCUT2D eigenvalue weighted by Crippen LogP contribution is 2.30. The molecule has 9 heteroatoms. The molecule has 0 aromatic carbocycles. The number of guanidine groups is 1. The van der Waals surface area contributed by atoms with Gasteiger partial charge in [0.15, 0.2) is 5.96 Å². The molecule has 26 heavy (non-hydrogen) atoms. The number of amides is 3. The molecule has 2 heterocycles. The van der Waals surface area contributed by atoms with Crippen molar-refractivity contribution < 1.29 is 14.7 Å². The molecule has 2 fully saturated rings. The maximum atomic E-state index is 12.1. The highest BCUT2D eigenvalue weighted by Gasteiger charge is 2.48. The topological polar surface area (TPSA) is 106 Å². The number of likely N-dealkylation sites (tertiary alicyclic amines) is 1. The van der Waals surface area contributed by atoms with Gasteiger partial charge in [0.2, 0.25) is 0 Å². The van der Waals surface area contributed by atoms with Gasteiger partial charge in [-0.3, -0.25) is 15.1 Å². The molecular weight excluding hydrogens is 449 g/mol. The molecular formula is C17H32IN5O3. The number of halogens is 1. The summed E-state index contributed by atoms with van der Waals surface area (Å²) in [7, 11) is 1.73. The molecule has 0 bridgehead atoms. The van der Waals surface area contributed by atoms with E-state index in [9.17, 15) is 14.7 Å². The van der Waals surface area contributed by atoms with Crippen LogP contribution in [0, 0.1) is 5.92 Å². The number of rotatable bonds is 5. The third-order valence-corrected chi connectivity index (χ3v) is 5.79. The first-order valence-electron chi connectivity index (χ1n) is 9.09. The Labute approximate surface area is 172 Å². The Kier molecular flexibility index (Phi) is 8.12. The molecule has 0 saturated carbocycles. The van der Waals surface area contributed by atoms with Crippen LogP contribution in [0.25, 0.3) is 0 Å². The minimum absolute atomic E-state index is 0. The number of hydrogen-bond acceptors (Lipinski definition) is 4. The van der Waals surface area contributed by atoms with E-state index in [4.69, 9.17) is 0 Å². The number of nitrogens with zero attached hydrogens (tertiary/aromatic N) is 2. The average molecular weight is 481 g/mol. The van der Waals surface area contributed by atoms with Gasteiger partial charge in [-0.05, 0) is 38.5 Å². The second-order valence-corrected chi connectivity index (χ2v) is 7.20. The van der Waals surface area contributed by atoms with E-state index in [1.54, 1.807) is 14.0 Å². The second-order valence-electron chi connectivity index (χ2n) is 7.20. The molecule has 0 aliphatic carbocycles. The van der Waals surface area contributed by atoms with Crippen LogP contribution in [0.5, 0.6) is 0 Å². The standard InChI is InChI=1S/C17H31N5O3.HI/c1-5-17(25,6-2)11-19-14(18-4)22-9-7-12(8-10-22)16(3)13(23)20-15(24)21-16;/h12,25H,5-11H2,1-4H3,(H,18,19)(H2,20,21,23,24);1H. The zero-order valence-electron chi connectivity index (χ0n) is 16.1. The Morgan fingerprint density at radius 1 is 1.35 bits per heavy atom. The van der Waals surface area contributed by atoms with Crippen LogP contribution in [0.4, 0.5) is 4.79 Å². The summed E-state index contributed by atoms with van der Waals surface area (Å²) < 4.78 is 0. The van der Waals surface area contributed by atoms with Gasteiger partial charge < -0.3 is 20.6 Å². The average Bonchev–Trinajstić information content (AvgIpc) is 2.88. The van der Waals surface area contributed by atoms with E-state index in [-0.39, 0.29) is 35.8 Å². The van der Waals surface area contributed by atoms with Gasteiger partial charge in [-0.2, -0.15) is 0 Å². The van der Waals surface area contributed by atoms with Crippen molar-refractivity contribution in [3.63, 3.8) is 0 Å². The summed E-state index contributed by atoms with van der Waals surface area (Å²) in [6, 6.07) is -0.411. The molecule has 4 N–H and O–H groups in total. The Morgan fingerprint density at radius 2 is 1.92 bits per heavy atom. The molecule has 8 nitrogen and oxygen atoms in total. The van der Waals surface area contributed by atoms with Crippen LogP contribution in [0.1, 0.15) is 46.5 Å². The van der Waals surface area contributed by atoms with Crippen LogP contribution < -0.4 is 16.0 Å². The summed E-state index contributed by atoms with van der Waals surface area (Å²) in [5.74, 6) is 0.620. The molecule has 2 aliphatic heterocycles. The van der Waals surface area contributed by atoms with Crippen molar-refractivity contribution in [2.75, 3.05) is 26.7 Å². The maximum Gasteiger partial charge on any atom is 0.322 e. The third kappa shape index (κ3) is 4.79. The van der Waals surface area contributed by atoms with Crippen molar-refractivity contribution in [1.82, 2.24) is 20.9 Å². The monoisotopic (exact) mass is 481 g/mol. The fourth-order valence-electron chi connectivity index (χ4n) is 3.59. The first kappa shape index (κ1) is 22.9. The van der Waals surface area contributed by atoms with Crippen LogP contribution in [0.15, 0.2) is 4.99 Å². The largest absolute Gasteiger partial charge is 0.388 e. The van der Waals surface area contributed by atoms with Gasteiger partial charge in [-0.15, -0.1) is 24.0 Å². The highest BCUT2D eigenvalue weighted by molar-refractivity contribution is 14.0. The summed E-state index contributed by atoms with van der Waals surface area (Å²) in [6.07, 6.45) is 2.94. The minimum Gasteiger partial charge on any atom is -0.388 e. The molecule has 2 aliphatic rings. The van der Waals surface area contributed by atoms with E-state index in [0.29, 0.717) is 19.4 Å². The van der Waals surface area contributed by atoms with Crippen LogP contribution in [-0.2, 0) is 4.79 Å². The van der Waals surface area contributed by atoms with Gasteiger partial charge in [-0.25, -0.2) is 4.79 Å². The summed E-state index contributed by atoms with van der Waals surface area (Å²) in [5.41, 5.74) is -1.56. The van der Waals surface area contributed by atoms with Crippen LogP contribution in [0.3, 0.4) is 0 Å². The van der Waals surface area contributed by atoms with E-state index in [2.05, 4.69) is 25.8 Å². The fraction of sp³-hybridized carbons (Fsp3) is 0.824. The molecule has 0 spiro atoms. The van der Waals surface area contributed by atoms with Crippen molar-refractivity contribution in [3.05, 3.63) is 0 Å². The normalized spacial score (nSPS) is 24.8. The van der Waals surface area contributed by atoms with Crippen molar-refractivity contribution >= 4 is 41.9 Å². The molecule has 1 unspecified atom stereocenters. The number of aliphatic hydroxyl groups is 1. The number of carbonyl (C=O) groups excluding carboxylic acids is 2. The van der Waals surface area contributed by atoms with Crippen molar-refractivity contribution in [3.8, 4) is 0 Å². The summed E-state index contributed by atoms with van der Waals surface area (Å²) >= 11 is 0. The van der Waals surface area contributed by atoms with Gasteiger partial charge in [0.1, 0.15) is 5.54 Å². The first-order valence-corrected chi connectivity index (χ1v) is 9.09. The summed E-state index contributed by atoms with van der Waals surface area (Å²) in [6.45, 7) is 7.70. The number of imide groups is 1. The molecule has 0 aromatic rings. The van der Waals surface area contributed by atoms with Gasteiger partial charge >= 0.3 is 6.03 Å². The lowest BCUT2D eigenvalue weighted by Crippen LogP contribution is -2.56. The Hall–Kier alpha value is -1.10. The molecule has 150 valence electrons. The Morgan fingerprint density at radius 3 is 2.35 bits per heavy atom. The zero-order valence-corrected chi connectivity index (χ0v) is 18.4. The van der Waals surface area contributed by atoms with Crippen LogP contribution >= 0.6 is 24.0 Å². The predicted octanol–water partition coefficient (Wildman–Crippen LogP) is 1.04. The van der Waals surface area contributed by atoms with Crippen molar-refractivity contribution in [2.24, 2.45) is 10.9 Å².